The molecule has 1 aliphatic rings. The molecule has 0 aliphatic carbocycles. The maximum Gasteiger partial charge on any atom is 0.304 e. The number of aromatic nitrogens is 3. The van der Waals surface area contributed by atoms with Gasteiger partial charge in [0, 0.05) is 80.6 Å². The second kappa shape index (κ2) is 18.1. The number of carboxylic acids is 1. The summed E-state index contributed by atoms with van der Waals surface area (Å²) in [5, 5.41) is 46.7. The van der Waals surface area contributed by atoms with E-state index in [-0.39, 0.29) is 91.6 Å². The van der Waals surface area contributed by atoms with Gasteiger partial charge in [0.15, 0.2) is 5.88 Å². The number of amides is 2. The van der Waals surface area contributed by atoms with Crippen LogP contribution in [0.3, 0.4) is 0 Å². The van der Waals surface area contributed by atoms with Crippen LogP contribution >= 0.6 is 11.8 Å². The lowest BCUT2D eigenvalue weighted by Crippen LogP contribution is -2.61. The Balaban J connectivity index is 1.55. The number of carboxylic acid groups (broad SMARTS) is 1. The molecule has 4 atom stereocenters. The molecule has 308 valence electrons. The van der Waals surface area contributed by atoms with E-state index in [1.54, 1.807) is 31.5 Å². The minimum Gasteiger partial charge on any atom is -0.494 e. The Morgan fingerprint density at radius 3 is 2.46 bits per heavy atom. The molecule has 0 bridgehead atoms. The molecule has 6 N–H and O–H groups in total. The molecule has 1 aliphatic heterocycles. The molecule has 4 unspecified atom stereocenters. The molecule has 4 aromatic rings. The quantitative estimate of drug-likeness (QED) is 0.0759. The van der Waals surface area contributed by atoms with E-state index < -0.39 is 58.6 Å². The summed E-state index contributed by atoms with van der Waals surface area (Å²) in [7, 11) is 0. The molecule has 0 radical (unpaired) electrons. The van der Waals surface area contributed by atoms with Crippen LogP contribution in [0.2, 0.25) is 0 Å². The second-order valence-electron chi connectivity index (χ2n) is 15.1. The Morgan fingerprint density at radius 1 is 1.09 bits per heavy atom. The number of hydrogen-bond acceptors (Lipinski definition) is 9. The van der Waals surface area contributed by atoms with E-state index in [4.69, 9.17) is 10.1 Å². The highest BCUT2D eigenvalue weighted by Gasteiger charge is 2.54. The predicted molar refractivity (Wildman–Crippen MR) is 207 cm³/mol. The van der Waals surface area contributed by atoms with Crippen molar-refractivity contribution < 1.29 is 48.0 Å². The largest absolute Gasteiger partial charge is 0.494 e. The number of nitrogens with zero attached hydrogens (tertiary/aromatic N) is 4. The fourth-order valence-corrected chi connectivity index (χ4v) is 8.09. The fourth-order valence-electron chi connectivity index (χ4n) is 7.17. The topological polar surface area (TPSA) is 182 Å². The Morgan fingerprint density at radius 2 is 1.81 bits per heavy atom. The van der Waals surface area contributed by atoms with Gasteiger partial charge in [0.05, 0.1) is 17.0 Å². The van der Waals surface area contributed by atoms with Crippen LogP contribution in [0.1, 0.15) is 51.9 Å². The average molecular weight is 815 g/mol. The molecular weight excluding hydrogens is 766 g/mol. The number of nitrogens with one attached hydrogen (secondary N) is 2. The van der Waals surface area contributed by atoms with Gasteiger partial charge in [-0.25, -0.2) is 18.2 Å². The molecule has 5 rings (SSSR count). The van der Waals surface area contributed by atoms with E-state index in [1.807, 2.05) is 30.3 Å². The zero-order chi connectivity index (χ0) is 41.7. The van der Waals surface area contributed by atoms with Crippen molar-refractivity contribution >= 4 is 29.5 Å². The Kier molecular flexibility index (Phi) is 13.7. The standard InChI is InChI=1S/C40H49F3N6O7S/c1-24(50)36(55)49(22-26-19-44-20-30(26)43)40(4,38-46-31(28-16-27(41)10-11-29(28)42)23-47(38)21-25-8-6-5-7-9-25)39(2,3)18-33(51)45-13-14-48-34(52)17-32(37(48)56)57-15-12-35(53)54/h5-11,16-17,23-24,26,30,44,50,52,56H,12-15,18-22H2,1-4H3,(H,45,51)(H,53,54). The van der Waals surface area contributed by atoms with Gasteiger partial charge in [-0.2, -0.15) is 0 Å². The molecule has 1 fully saturated rings. The van der Waals surface area contributed by atoms with Crippen LogP contribution < -0.4 is 10.6 Å². The van der Waals surface area contributed by atoms with Crippen molar-refractivity contribution in [3.63, 3.8) is 0 Å². The van der Waals surface area contributed by atoms with Crippen molar-refractivity contribution in [1.82, 2.24) is 29.7 Å². The number of aliphatic carboxylic acids is 1. The summed E-state index contributed by atoms with van der Waals surface area (Å²) in [4.78, 5) is 45.5. The number of benzene rings is 2. The number of thioether (sulfide) groups is 1. The molecule has 2 aromatic carbocycles. The van der Waals surface area contributed by atoms with Crippen LogP contribution in [0.4, 0.5) is 13.2 Å². The van der Waals surface area contributed by atoms with Crippen molar-refractivity contribution in [2.75, 3.05) is 31.9 Å². The number of carbonyl (C=O) groups excluding carboxylic acids is 2. The molecule has 2 aromatic heterocycles. The van der Waals surface area contributed by atoms with Crippen LogP contribution in [-0.2, 0) is 33.0 Å². The van der Waals surface area contributed by atoms with Crippen LogP contribution in [0.25, 0.3) is 11.3 Å². The Bertz CT molecular complexity index is 2060. The normalized spacial score (nSPS) is 17.3. The minimum atomic E-state index is -1.63. The first-order valence-electron chi connectivity index (χ1n) is 18.6. The third kappa shape index (κ3) is 9.76. The van der Waals surface area contributed by atoms with E-state index in [1.165, 1.54) is 17.9 Å². The monoisotopic (exact) mass is 814 g/mol. The van der Waals surface area contributed by atoms with Crippen molar-refractivity contribution in [3.8, 4) is 23.0 Å². The zero-order valence-corrected chi connectivity index (χ0v) is 33.0. The molecule has 13 nitrogen and oxygen atoms in total. The van der Waals surface area contributed by atoms with Crippen molar-refractivity contribution in [1.29, 1.82) is 0 Å². The van der Waals surface area contributed by atoms with Gasteiger partial charge in [-0.1, -0.05) is 44.2 Å². The van der Waals surface area contributed by atoms with Gasteiger partial charge in [-0.05, 0) is 37.6 Å². The minimum absolute atomic E-state index is 0.0478. The van der Waals surface area contributed by atoms with Crippen molar-refractivity contribution in [2.24, 2.45) is 11.3 Å². The second-order valence-corrected chi connectivity index (χ2v) is 16.2. The van der Waals surface area contributed by atoms with E-state index in [9.17, 15) is 34.1 Å². The SMILES string of the molecule is CC(O)C(=O)N(CC1CNCC1F)C(C)(c1nc(-c2cc(F)ccc2F)cn1Cc1ccccc1)C(C)(C)CC(=O)NCCn1c(O)cc(SCCC(=O)O)c1O. The smallest absolute Gasteiger partial charge is 0.304 e. The first kappa shape index (κ1) is 43.1. The summed E-state index contributed by atoms with van der Waals surface area (Å²) in [6, 6.07) is 13.5. The average Bonchev–Trinajstić information content (AvgIpc) is 3.84. The third-order valence-electron chi connectivity index (χ3n) is 10.6. The number of imidazole rings is 1. The van der Waals surface area contributed by atoms with Crippen LogP contribution in [-0.4, -0.2) is 101 Å². The van der Waals surface area contributed by atoms with Gasteiger partial charge in [-0.15, -0.1) is 11.8 Å². The summed E-state index contributed by atoms with van der Waals surface area (Å²) in [6.45, 7) is 6.58. The fraction of sp³-hybridized carbons (Fsp3) is 0.450. The lowest BCUT2D eigenvalue weighted by molar-refractivity contribution is -0.156. The van der Waals surface area contributed by atoms with E-state index in [0.717, 1.165) is 40.1 Å². The summed E-state index contributed by atoms with van der Waals surface area (Å²) < 4.78 is 48.1. The van der Waals surface area contributed by atoms with Gasteiger partial charge < -0.3 is 40.5 Å². The van der Waals surface area contributed by atoms with Gasteiger partial charge in [0.2, 0.25) is 11.8 Å². The van der Waals surface area contributed by atoms with Crippen LogP contribution in [0, 0.1) is 23.0 Å². The first-order valence-corrected chi connectivity index (χ1v) is 19.6. The number of aliphatic hydroxyl groups excluding tert-OH is 1. The van der Waals surface area contributed by atoms with E-state index in [2.05, 4.69) is 10.6 Å². The van der Waals surface area contributed by atoms with E-state index >= 15 is 8.78 Å². The highest BCUT2D eigenvalue weighted by atomic mass is 32.2. The molecule has 17 heteroatoms. The first-order chi connectivity index (χ1) is 26.9. The van der Waals surface area contributed by atoms with Gasteiger partial charge in [-0.3, -0.25) is 19.0 Å². The highest BCUT2D eigenvalue weighted by molar-refractivity contribution is 7.99. The number of carbonyl (C=O) groups is 3. The number of rotatable bonds is 18. The number of aromatic hydroxyl groups is 2. The van der Waals surface area contributed by atoms with Gasteiger partial charge in [0.1, 0.15) is 35.3 Å². The molecule has 0 saturated carbocycles. The predicted octanol–water partition coefficient (Wildman–Crippen LogP) is 4.87. The highest BCUT2D eigenvalue weighted by Crippen LogP contribution is 2.48. The van der Waals surface area contributed by atoms with Crippen molar-refractivity contribution in [2.45, 2.75) is 76.3 Å². The number of halogens is 3. The van der Waals surface area contributed by atoms with Crippen LogP contribution in [0.15, 0.2) is 65.7 Å². The van der Waals surface area contributed by atoms with E-state index in [0.29, 0.717) is 0 Å². The molecule has 57 heavy (non-hydrogen) atoms. The summed E-state index contributed by atoms with van der Waals surface area (Å²) in [5.74, 6) is -4.64. The van der Waals surface area contributed by atoms with Crippen molar-refractivity contribution in [3.05, 3.63) is 83.8 Å². The number of aliphatic hydroxyl groups is 1. The lowest BCUT2D eigenvalue weighted by Gasteiger charge is -2.51. The molecule has 0 spiro atoms. The zero-order valence-electron chi connectivity index (χ0n) is 32.2. The summed E-state index contributed by atoms with van der Waals surface area (Å²) in [6.07, 6.45) is -1.75. The maximum absolute atomic E-state index is 15.3. The van der Waals surface area contributed by atoms with Gasteiger partial charge >= 0.3 is 5.97 Å². The molecule has 1 saturated heterocycles. The Labute approximate surface area is 332 Å². The van der Waals surface area contributed by atoms with Crippen LogP contribution in [0.5, 0.6) is 11.8 Å². The molecule has 2 amide bonds. The lowest BCUT2D eigenvalue weighted by atomic mass is 9.68. The number of alkyl halides is 1. The third-order valence-corrected chi connectivity index (χ3v) is 11.6. The maximum atomic E-state index is 15.3. The summed E-state index contributed by atoms with van der Waals surface area (Å²) >= 11 is 1.06. The number of hydrogen-bond donors (Lipinski definition) is 6. The van der Waals surface area contributed by atoms with Gasteiger partial charge in [0.25, 0.3) is 5.91 Å². The Hall–Kier alpha value is -5.00. The summed E-state index contributed by atoms with van der Waals surface area (Å²) in [5.41, 5.74) is -2.19. The molecule has 3 heterocycles. The molecular formula is C40H49F3N6O7S.